The monoisotopic (exact) mass is 394 g/mol. The van der Waals surface area contributed by atoms with Crippen LogP contribution >= 0.6 is 27.7 Å². The molecule has 5 heteroatoms. The van der Waals surface area contributed by atoms with Crippen molar-refractivity contribution in [2.75, 3.05) is 19.6 Å². The molecule has 4 aliphatic heterocycles. The highest BCUT2D eigenvalue weighted by Gasteiger charge is 2.38. The fourth-order valence-electron chi connectivity index (χ4n) is 4.38. The Morgan fingerprint density at radius 2 is 2.22 bits per heavy atom. The van der Waals surface area contributed by atoms with Gasteiger partial charge in [-0.1, -0.05) is 33.8 Å². The molecule has 2 bridgehead atoms. The van der Waals surface area contributed by atoms with Crippen molar-refractivity contribution in [3.8, 4) is 0 Å². The number of hydrogen-bond donors (Lipinski definition) is 1. The molecular formula is C18H23BrN2OS. The largest absolute Gasteiger partial charge is 0.341 e. The van der Waals surface area contributed by atoms with E-state index in [1.807, 2.05) is 0 Å². The van der Waals surface area contributed by atoms with Gasteiger partial charge in [-0.05, 0) is 62.4 Å². The summed E-state index contributed by atoms with van der Waals surface area (Å²) in [5, 5.41) is 3.32. The summed E-state index contributed by atoms with van der Waals surface area (Å²) in [5.41, 5.74) is 1.34. The maximum Gasteiger partial charge on any atom is 0.221 e. The van der Waals surface area contributed by atoms with E-state index in [4.69, 9.17) is 0 Å². The van der Waals surface area contributed by atoms with E-state index in [1.54, 1.807) is 11.8 Å². The molecule has 3 saturated heterocycles. The predicted octanol–water partition coefficient (Wildman–Crippen LogP) is 3.66. The van der Waals surface area contributed by atoms with Crippen LogP contribution in [0.15, 0.2) is 27.6 Å². The lowest BCUT2D eigenvalue weighted by Crippen LogP contribution is -2.50. The third-order valence-electron chi connectivity index (χ3n) is 5.54. The highest BCUT2D eigenvalue weighted by atomic mass is 79.9. The van der Waals surface area contributed by atoms with E-state index in [1.165, 1.54) is 36.4 Å². The van der Waals surface area contributed by atoms with Crippen LogP contribution in [0.4, 0.5) is 0 Å². The normalized spacial score (nSPS) is 35.1. The Bertz CT molecular complexity index is 629. The van der Waals surface area contributed by atoms with Crippen LogP contribution in [0.1, 0.15) is 31.7 Å². The third-order valence-corrected chi connectivity index (χ3v) is 7.33. The van der Waals surface area contributed by atoms with E-state index >= 15 is 0 Å². The van der Waals surface area contributed by atoms with Crippen LogP contribution in [0.3, 0.4) is 0 Å². The van der Waals surface area contributed by atoms with Crippen molar-refractivity contribution in [2.24, 2.45) is 11.8 Å². The SMILES string of the molecule is CC1(NC(=O)CC2CN3CCC2CC3)Cc2ccc(Br)cc2S1. The second kappa shape index (κ2) is 6.08. The maximum atomic E-state index is 12.6. The third kappa shape index (κ3) is 3.33. The first-order valence-electron chi connectivity index (χ1n) is 8.52. The van der Waals surface area contributed by atoms with E-state index in [2.05, 4.69) is 51.3 Å². The minimum absolute atomic E-state index is 0.200. The van der Waals surface area contributed by atoms with Gasteiger partial charge in [-0.15, -0.1) is 0 Å². The van der Waals surface area contributed by atoms with Crippen LogP contribution in [0.2, 0.25) is 0 Å². The Morgan fingerprint density at radius 3 is 2.91 bits per heavy atom. The summed E-state index contributed by atoms with van der Waals surface area (Å²) in [6.45, 7) is 5.75. The lowest BCUT2D eigenvalue weighted by molar-refractivity contribution is -0.124. The van der Waals surface area contributed by atoms with E-state index < -0.39 is 0 Å². The van der Waals surface area contributed by atoms with Crippen molar-refractivity contribution in [3.63, 3.8) is 0 Å². The van der Waals surface area contributed by atoms with Crippen LogP contribution in [0.25, 0.3) is 0 Å². The summed E-state index contributed by atoms with van der Waals surface area (Å²) < 4.78 is 1.10. The number of halogens is 1. The number of nitrogens with zero attached hydrogens (tertiary/aromatic N) is 1. The van der Waals surface area contributed by atoms with Gasteiger partial charge in [0.05, 0.1) is 4.87 Å². The van der Waals surface area contributed by atoms with Crippen LogP contribution < -0.4 is 5.32 Å². The number of rotatable bonds is 3. The standard InChI is InChI=1S/C18H23BrN2OS/c1-18(10-13-2-3-15(19)9-16(13)23-18)20-17(22)8-14-11-21-6-4-12(14)5-7-21/h2-3,9,12,14H,4-8,10-11H2,1H3,(H,20,22). The second-order valence-corrected chi connectivity index (χ2v) is 9.87. The van der Waals surface area contributed by atoms with Crippen LogP contribution in [-0.2, 0) is 11.2 Å². The topological polar surface area (TPSA) is 32.3 Å². The zero-order chi connectivity index (χ0) is 16.0. The summed E-state index contributed by atoms with van der Waals surface area (Å²) in [4.78, 5) is 16.2. The quantitative estimate of drug-likeness (QED) is 0.848. The Hall–Kier alpha value is -0.520. The van der Waals surface area contributed by atoms with Gasteiger partial charge in [-0.3, -0.25) is 4.79 Å². The zero-order valence-electron chi connectivity index (χ0n) is 13.5. The molecule has 4 heterocycles. The average Bonchev–Trinajstić information content (AvgIpc) is 2.83. The predicted molar refractivity (Wildman–Crippen MR) is 97.5 cm³/mol. The van der Waals surface area contributed by atoms with Gasteiger partial charge < -0.3 is 10.2 Å². The molecule has 5 rings (SSSR count). The minimum atomic E-state index is -0.200. The first kappa shape index (κ1) is 16.0. The lowest BCUT2D eigenvalue weighted by Gasteiger charge is -2.44. The second-order valence-electron chi connectivity index (χ2n) is 7.41. The Kier molecular flexibility index (Phi) is 4.23. The molecule has 3 fully saturated rings. The average molecular weight is 395 g/mol. The molecule has 23 heavy (non-hydrogen) atoms. The molecule has 1 aromatic rings. The molecule has 1 aromatic carbocycles. The van der Waals surface area contributed by atoms with Gasteiger partial charge in [0.25, 0.3) is 0 Å². The van der Waals surface area contributed by atoms with Crippen molar-refractivity contribution >= 4 is 33.6 Å². The maximum absolute atomic E-state index is 12.6. The molecule has 0 aliphatic carbocycles. The van der Waals surface area contributed by atoms with E-state index in [-0.39, 0.29) is 10.8 Å². The summed E-state index contributed by atoms with van der Waals surface area (Å²) in [6.07, 6.45) is 4.16. The first-order valence-corrected chi connectivity index (χ1v) is 10.1. The van der Waals surface area contributed by atoms with Gasteiger partial charge in [-0.25, -0.2) is 0 Å². The fraction of sp³-hybridized carbons (Fsp3) is 0.611. The number of piperidine rings is 3. The van der Waals surface area contributed by atoms with E-state index in [0.29, 0.717) is 12.3 Å². The molecule has 1 amide bonds. The molecular weight excluding hydrogens is 372 g/mol. The Morgan fingerprint density at radius 1 is 1.43 bits per heavy atom. The van der Waals surface area contributed by atoms with Crippen molar-refractivity contribution in [1.29, 1.82) is 0 Å². The highest BCUT2D eigenvalue weighted by molar-refractivity contribution is 9.10. The smallest absolute Gasteiger partial charge is 0.221 e. The van der Waals surface area contributed by atoms with Crippen molar-refractivity contribution in [1.82, 2.24) is 10.2 Å². The highest BCUT2D eigenvalue weighted by Crippen LogP contribution is 2.44. The fourth-order valence-corrected chi connectivity index (χ4v) is 6.23. The molecule has 1 N–H and O–H groups in total. The van der Waals surface area contributed by atoms with E-state index in [9.17, 15) is 4.79 Å². The summed E-state index contributed by atoms with van der Waals surface area (Å²) in [6, 6.07) is 6.40. The zero-order valence-corrected chi connectivity index (χ0v) is 15.9. The summed E-state index contributed by atoms with van der Waals surface area (Å²) >= 11 is 5.32. The number of nitrogens with one attached hydrogen (secondary N) is 1. The number of carbonyl (C=O) groups excluding carboxylic acids is 1. The number of hydrogen-bond acceptors (Lipinski definition) is 3. The number of thioether (sulfide) groups is 1. The van der Waals surface area contributed by atoms with Crippen molar-refractivity contribution in [3.05, 3.63) is 28.2 Å². The van der Waals surface area contributed by atoms with Crippen molar-refractivity contribution < 1.29 is 4.79 Å². The first-order chi connectivity index (χ1) is 11.0. The molecule has 4 aliphatic rings. The molecule has 0 spiro atoms. The molecule has 3 nitrogen and oxygen atoms in total. The minimum Gasteiger partial charge on any atom is -0.341 e. The van der Waals surface area contributed by atoms with E-state index in [0.717, 1.165) is 23.4 Å². The molecule has 0 saturated carbocycles. The molecule has 0 aromatic heterocycles. The molecule has 2 atom stereocenters. The summed E-state index contributed by atoms with van der Waals surface area (Å²) in [7, 11) is 0. The molecule has 124 valence electrons. The van der Waals surface area contributed by atoms with Gasteiger partial charge in [0, 0.05) is 28.8 Å². The van der Waals surface area contributed by atoms with Crippen molar-refractivity contribution in [2.45, 2.75) is 42.4 Å². The Labute approximate surface area is 150 Å². The molecule has 2 unspecified atom stereocenters. The molecule has 0 radical (unpaired) electrons. The number of fused-ring (bicyclic) bond motifs is 4. The van der Waals surface area contributed by atoms with Gasteiger partial charge >= 0.3 is 0 Å². The summed E-state index contributed by atoms with van der Waals surface area (Å²) in [5.74, 6) is 1.55. The number of carbonyl (C=O) groups is 1. The van der Waals surface area contributed by atoms with Gasteiger partial charge in [0.2, 0.25) is 5.91 Å². The Balaban J connectivity index is 1.38. The van der Waals surface area contributed by atoms with Crippen LogP contribution in [0.5, 0.6) is 0 Å². The van der Waals surface area contributed by atoms with Gasteiger partial charge in [-0.2, -0.15) is 0 Å². The number of amides is 1. The van der Waals surface area contributed by atoms with Crippen LogP contribution in [-0.4, -0.2) is 35.3 Å². The lowest BCUT2D eigenvalue weighted by atomic mass is 9.77. The van der Waals surface area contributed by atoms with Gasteiger partial charge in [0.1, 0.15) is 0 Å². The van der Waals surface area contributed by atoms with Gasteiger partial charge in [0.15, 0.2) is 0 Å². The number of benzene rings is 1. The van der Waals surface area contributed by atoms with Crippen LogP contribution in [0, 0.1) is 11.8 Å².